The van der Waals surface area contributed by atoms with Gasteiger partial charge in [-0.25, -0.2) is 0 Å². The van der Waals surface area contributed by atoms with E-state index in [1.54, 1.807) is 0 Å². The molecule has 0 bridgehead atoms. The van der Waals surface area contributed by atoms with Crippen molar-refractivity contribution in [2.75, 3.05) is 0 Å². The maximum atomic E-state index is 5.17. The van der Waals surface area contributed by atoms with Crippen LogP contribution in [0.2, 0.25) is 0 Å². The van der Waals surface area contributed by atoms with E-state index >= 15 is 0 Å². The third-order valence-corrected chi connectivity index (χ3v) is 3.67. The van der Waals surface area contributed by atoms with Crippen molar-refractivity contribution >= 4 is 23.5 Å². The second-order valence-corrected chi connectivity index (χ2v) is 4.74. The van der Waals surface area contributed by atoms with Crippen LogP contribution >= 0.6 is 0 Å². The summed E-state index contributed by atoms with van der Waals surface area (Å²) in [6, 6.07) is 6.31. The second kappa shape index (κ2) is 3.94. The summed E-state index contributed by atoms with van der Waals surface area (Å²) in [5.74, 6) is 0.701. The first-order valence-electron chi connectivity index (χ1n) is 5.64. The Labute approximate surface area is 99.7 Å². The lowest BCUT2D eigenvalue weighted by Gasteiger charge is -2.12. The molecule has 4 heteroatoms. The van der Waals surface area contributed by atoms with Crippen molar-refractivity contribution in [1.29, 1.82) is 0 Å². The maximum Gasteiger partial charge on any atom is 0.0948 e. The Bertz CT molecular complexity index is 521. The third-order valence-electron chi connectivity index (χ3n) is 3.37. The van der Waals surface area contributed by atoms with E-state index in [2.05, 4.69) is 27.5 Å². The molecule has 0 saturated heterocycles. The molecule has 1 heterocycles. The average molecular weight is 230 g/mol. The normalized spacial score (nSPS) is 17.0. The van der Waals surface area contributed by atoms with Gasteiger partial charge in [0.1, 0.15) is 0 Å². The number of aromatic nitrogens is 3. The van der Waals surface area contributed by atoms with Gasteiger partial charge in [-0.3, -0.25) is 0 Å². The maximum absolute atomic E-state index is 5.17. The number of nitrogens with zero attached hydrogens (tertiary/aromatic N) is 3. The van der Waals surface area contributed by atoms with Crippen LogP contribution in [0.1, 0.15) is 37.2 Å². The van der Waals surface area contributed by atoms with E-state index in [1.165, 1.54) is 31.2 Å². The Morgan fingerprint density at radius 1 is 1.12 bits per heavy atom. The Morgan fingerprint density at radius 2 is 1.94 bits per heavy atom. The number of rotatable bonds is 1. The average Bonchev–Trinajstić information content (AvgIpc) is 2.83. The van der Waals surface area contributed by atoms with Crippen LogP contribution in [0.4, 0.5) is 0 Å². The Morgan fingerprint density at radius 3 is 2.75 bits per heavy atom. The van der Waals surface area contributed by atoms with Gasteiger partial charge in [0.25, 0.3) is 0 Å². The highest BCUT2D eigenvalue weighted by Gasteiger charge is 2.17. The van der Waals surface area contributed by atoms with Crippen LogP contribution in [0.3, 0.4) is 0 Å². The lowest BCUT2D eigenvalue weighted by Crippen LogP contribution is -1.96. The predicted octanol–water partition coefficient (Wildman–Crippen LogP) is 2.59. The molecular formula is C12H12N3S-. The van der Waals surface area contributed by atoms with Crippen molar-refractivity contribution in [3.63, 3.8) is 0 Å². The predicted molar refractivity (Wildman–Crippen MR) is 64.2 cm³/mol. The highest BCUT2D eigenvalue weighted by Crippen LogP contribution is 2.35. The van der Waals surface area contributed by atoms with Crippen molar-refractivity contribution in [2.45, 2.75) is 36.6 Å². The molecule has 0 unspecified atom stereocenters. The third kappa shape index (κ3) is 1.63. The smallest absolute Gasteiger partial charge is 0.0948 e. The molecule has 1 fully saturated rings. The zero-order valence-corrected chi connectivity index (χ0v) is 9.70. The molecule has 16 heavy (non-hydrogen) atoms. The summed E-state index contributed by atoms with van der Waals surface area (Å²) in [7, 11) is 0. The molecule has 82 valence electrons. The quantitative estimate of drug-likeness (QED) is 0.706. The van der Waals surface area contributed by atoms with Crippen LogP contribution < -0.4 is 0 Å². The molecule has 0 atom stereocenters. The van der Waals surface area contributed by atoms with E-state index in [-0.39, 0.29) is 0 Å². The largest absolute Gasteiger partial charge is 0.758 e. The van der Waals surface area contributed by atoms with Gasteiger partial charge in [0.2, 0.25) is 0 Å². The van der Waals surface area contributed by atoms with Gasteiger partial charge >= 0.3 is 0 Å². The van der Waals surface area contributed by atoms with Crippen LogP contribution in [0.25, 0.3) is 10.9 Å². The van der Waals surface area contributed by atoms with E-state index in [4.69, 9.17) is 12.6 Å². The molecule has 1 aliphatic carbocycles. The minimum atomic E-state index is 0.560. The summed E-state index contributed by atoms with van der Waals surface area (Å²) in [5.41, 5.74) is 2.23. The molecule has 0 radical (unpaired) electrons. The fourth-order valence-electron chi connectivity index (χ4n) is 2.49. The van der Waals surface area contributed by atoms with Gasteiger partial charge in [0.05, 0.1) is 5.52 Å². The molecule has 1 aromatic carbocycles. The van der Waals surface area contributed by atoms with Gasteiger partial charge < -0.3 is 12.6 Å². The van der Waals surface area contributed by atoms with Gasteiger partial charge in [-0.2, -0.15) is 5.10 Å². The molecule has 1 saturated carbocycles. The molecule has 0 spiro atoms. The first-order chi connectivity index (χ1) is 7.84. The summed E-state index contributed by atoms with van der Waals surface area (Å²) in [6.07, 6.45) is 5.28. The summed E-state index contributed by atoms with van der Waals surface area (Å²) in [6.45, 7) is 0. The van der Waals surface area contributed by atoms with E-state index in [9.17, 15) is 0 Å². The van der Waals surface area contributed by atoms with Gasteiger partial charge in [0, 0.05) is 5.39 Å². The highest BCUT2D eigenvalue weighted by molar-refractivity contribution is 7.59. The monoisotopic (exact) mass is 230 g/mol. The van der Waals surface area contributed by atoms with Crippen LogP contribution in [0.5, 0.6) is 0 Å². The summed E-state index contributed by atoms with van der Waals surface area (Å²) < 4.78 is 0. The van der Waals surface area contributed by atoms with Crippen molar-refractivity contribution in [3.8, 4) is 0 Å². The van der Waals surface area contributed by atoms with Crippen molar-refractivity contribution in [3.05, 3.63) is 23.8 Å². The minimum absolute atomic E-state index is 0.560. The Hall–Kier alpha value is -1.29. The van der Waals surface area contributed by atoms with E-state index in [1.807, 2.05) is 6.07 Å². The van der Waals surface area contributed by atoms with Crippen LogP contribution in [0, 0.1) is 0 Å². The molecular weight excluding hydrogens is 218 g/mol. The van der Waals surface area contributed by atoms with Crippen LogP contribution in [-0.2, 0) is 12.6 Å². The lowest BCUT2D eigenvalue weighted by molar-refractivity contribution is 0.723. The zero-order chi connectivity index (χ0) is 11.0. The molecule has 2 aromatic rings. The minimum Gasteiger partial charge on any atom is -0.758 e. The van der Waals surface area contributed by atoms with E-state index in [0.717, 1.165) is 10.9 Å². The number of hydrogen-bond donors (Lipinski definition) is 0. The molecule has 3 nitrogen and oxygen atoms in total. The van der Waals surface area contributed by atoms with Gasteiger partial charge in [-0.1, -0.05) is 18.9 Å². The van der Waals surface area contributed by atoms with Crippen molar-refractivity contribution in [2.24, 2.45) is 0 Å². The van der Waals surface area contributed by atoms with Gasteiger partial charge in [-0.15, -0.1) is 5.10 Å². The molecule has 0 aliphatic heterocycles. The van der Waals surface area contributed by atoms with Gasteiger partial charge in [0.15, 0.2) is 0 Å². The molecule has 3 rings (SSSR count). The first-order valence-corrected chi connectivity index (χ1v) is 6.05. The van der Waals surface area contributed by atoms with Gasteiger partial charge in [-0.05, 0) is 46.7 Å². The fourth-order valence-corrected chi connectivity index (χ4v) is 2.69. The van der Waals surface area contributed by atoms with Crippen molar-refractivity contribution < 1.29 is 0 Å². The van der Waals surface area contributed by atoms with E-state index < -0.39 is 0 Å². The highest BCUT2D eigenvalue weighted by atomic mass is 32.1. The van der Waals surface area contributed by atoms with Crippen LogP contribution in [0.15, 0.2) is 23.2 Å². The van der Waals surface area contributed by atoms with Crippen molar-refractivity contribution in [1.82, 2.24) is 15.4 Å². The summed E-state index contributed by atoms with van der Waals surface area (Å²) in [5, 5.41) is 13.0. The van der Waals surface area contributed by atoms with Crippen LogP contribution in [-0.4, -0.2) is 15.4 Å². The molecule has 0 amide bonds. The molecule has 0 N–H and O–H groups in total. The Kier molecular flexibility index (Phi) is 2.44. The van der Waals surface area contributed by atoms with E-state index in [0.29, 0.717) is 10.9 Å². The second-order valence-electron chi connectivity index (χ2n) is 4.35. The summed E-state index contributed by atoms with van der Waals surface area (Å²) >= 11 is 5.17. The first kappa shape index (κ1) is 9.90. The zero-order valence-electron chi connectivity index (χ0n) is 8.89. The standard InChI is InChI=1S/C12H13N3S/c16-12-10-7-9(8-3-1-2-4-8)5-6-11(10)13-15-14-12/h5-8H,1-4H2,(H,13,14,16)/p-1. The SMILES string of the molecule is [S-]c1nnnc2ccc(C3CCCC3)cc12. The molecule has 1 aliphatic rings. The number of hydrogen-bond acceptors (Lipinski definition) is 4. The number of fused-ring (bicyclic) bond motifs is 1. The lowest BCUT2D eigenvalue weighted by atomic mass is 9.97. The summed E-state index contributed by atoms with van der Waals surface area (Å²) in [4.78, 5) is 0. The fraction of sp³-hybridized carbons (Fsp3) is 0.417. The Balaban J connectivity index is 2.10. The number of benzene rings is 1. The molecule has 1 aromatic heterocycles. The topological polar surface area (TPSA) is 38.7 Å².